The van der Waals surface area contributed by atoms with Crippen molar-refractivity contribution in [2.75, 3.05) is 26.2 Å². The first kappa shape index (κ1) is 24.3. The van der Waals surface area contributed by atoms with E-state index in [0.29, 0.717) is 55.8 Å². The molecule has 5 rings (SSSR count). The summed E-state index contributed by atoms with van der Waals surface area (Å²) in [4.78, 5) is 25.1. The SMILES string of the molecule is Cc1ccccc1-c1noc(CN2CCN(C(=O)/C=C/c3ccc(Oc4cccnc4)c(F)c3)CC2)n1. The monoisotopic (exact) mass is 499 g/mol. The van der Waals surface area contributed by atoms with Gasteiger partial charge in [-0.25, -0.2) is 4.39 Å². The van der Waals surface area contributed by atoms with Crippen LogP contribution in [-0.4, -0.2) is 57.0 Å². The van der Waals surface area contributed by atoms with Gasteiger partial charge in [0.15, 0.2) is 11.6 Å². The fourth-order valence-electron chi connectivity index (χ4n) is 4.08. The smallest absolute Gasteiger partial charge is 0.246 e. The van der Waals surface area contributed by atoms with Gasteiger partial charge in [0, 0.05) is 44.0 Å². The summed E-state index contributed by atoms with van der Waals surface area (Å²) in [6, 6.07) is 15.9. The molecular weight excluding hydrogens is 473 g/mol. The van der Waals surface area contributed by atoms with E-state index in [4.69, 9.17) is 9.26 Å². The van der Waals surface area contributed by atoms with Crippen LogP contribution in [0.5, 0.6) is 11.5 Å². The molecule has 0 saturated carbocycles. The van der Waals surface area contributed by atoms with Crippen molar-refractivity contribution in [1.29, 1.82) is 0 Å². The molecule has 1 fully saturated rings. The highest BCUT2D eigenvalue weighted by Crippen LogP contribution is 2.25. The normalized spacial score (nSPS) is 14.3. The van der Waals surface area contributed by atoms with Gasteiger partial charge in [-0.2, -0.15) is 4.98 Å². The van der Waals surface area contributed by atoms with Gasteiger partial charge >= 0.3 is 0 Å². The second kappa shape index (κ2) is 11.1. The maximum Gasteiger partial charge on any atom is 0.246 e. The number of benzene rings is 2. The van der Waals surface area contributed by atoms with E-state index in [1.165, 1.54) is 24.4 Å². The molecule has 0 aliphatic carbocycles. The number of ether oxygens (including phenoxy) is 1. The standard InChI is InChI=1S/C28H26FN5O3/c1-20-5-2-3-7-23(20)28-31-26(37-32-28)19-33-13-15-34(16-14-33)27(35)11-9-21-8-10-25(24(29)17-21)36-22-6-4-12-30-18-22/h2-12,17-18H,13-16,19H2,1H3/b11-9+. The minimum Gasteiger partial charge on any atom is -0.453 e. The molecule has 2 aromatic heterocycles. The Kier molecular flexibility index (Phi) is 7.32. The molecule has 2 aromatic carbocycles. The molecular formula is C28H26FN5O3. The fraction of sp³-hybridized carbons (Fsp3) is 0.214. The number of hydrogen-bond donors (Lipinski definition) is 0. The topological polar surface area (TPSA) is 84.6 Å². The molecule has 188 valence electrons. The van der Waals surface area contributed by atoms with E-state index in [-0.39, 0.29) is 11.7 Å². The van der Waals surface area contributed by atoms with Crippen LogP contribution in [-0.2, 0) is 11.3 Å². The Hall–Kier alpha value is -4.37. The second-order valence-corrected chi connectivity index (χ2v) is 8.74. The Bertz CT molecular complexity index is 1400. The number of halogens is 1. The van der Waals surface area contributed by atoms with Gasteiger partial charge in [-0.3, -0.25) is 14.7 Å². The van der Waals surface area contributed by atoms with Crippen molar-refractivity contribution in [2.45, 2.75) is 13.5 Å². The molecule has 4 aromatic rings. The average Bonchev–Trinajstić information content (AvgIpc) is 3.38. The Morgan fingerprint density at radius 3 is 2.70 bits per heavy atom. The minimum absolute atomic E-state index is 0.0971. The van der Waals surface area contributed by atoms with Gasteiger partial charge < -0.3 is 14.2 Å². The summed E-state index contributed by atoms with van der Waals surface area (Å²) in [5.74, 6) is 1.05. The van der Waals surface area contributed by atoms with Crippen molar-refractivity contribution in [3.8, 4) is 22.9 Å². The van der Waals surface area contributed by atoms with Crippen LogP contribution in [0.1, 0.15) is 17.0 Å². The third-order valence-electron chi connectivity index (χ3n) is 6.13. The summed E-state index contributed by atoms with van der Waals surface area (Å²) in [6.07, 6.45) is 6.20. The van der Waals surface area contributed by atoms with Crippen LogP contribution in [0.2, 0.25) is 0 Å². The van der Waals surface area contributed by atoms with Crippen molar-refractivity contribution in [2.24, 2.45) is 0 Å². The first-order chi connectivity index (χ1) is 18.0. The molecule has 1 aliphatic rings. The van der Waals surface area contributed by atoms with Crippen molar-refractivity contribution in [3.05, 3.63) is 95.9 Å². The highest BCUT2D eigenvalue weighted by Gasteiger charge is 2.22. The average molecular weight is 500 g/mol. The predicted molar refractivity (Wildman–Crippen MR) is 136 cm³/mol. The minimum atomic E-state index is -0.515. The van der Waals surface area contributed by atoms with Gasteiger partial charge in [-0.15, -0.1) is 0 Å². The van der Waals surface area contributed by atoms with Crippen LogP contribution in [0, 0.1) is 12.7 Å². The first-order valence-electron chi connectivity index (χ1n) is 12.0. The number of carbonyl (C=O) groups is 1. The van der Waals surface area contributed by atoms with E-state index in [9.17, 15) is 9.18 Å². The molecule has 37 heavy (non-hydrogen) atoms. The van der Waals surface area contributed by atoms with Crippen LogP contribution in [0.25, 0.3) is 17.5 Å². The predicted octanol–water partition coefficient (Wildman–Crippen LogP) is 4.73. The van der Waals surface area contributed by atoms with E-state index in [0.717, 1.165) is 11.1 Å². The lowest BCUT2D eigenvalue weighted by Gasteiger charge is -2.33. The Balaban J connectivity index is 1.12. The maximum absolute atomic E-state index is 14.5. The molecule has 1 amide bonds. The number of pyridine rings is 1. The van der Waals surface area contributed by atoms with Crippen molar-refractivity contribution >= 4 is 12.0 Å². The number of carbonyl (C=O) groups excluding carboxylic acids is 1. The van der Waals surface area contributed by atoms with E-state index in [1.807, 2.05) is 31.2 Å². The summed E-state index contributed by atoms with van der Waals surface area (Å²) in [6.45, 7) is 5.08. The summed E-state index contributed by atoms with van der Waals surface area (Å²) in [5, 5.41) is 4.12. The second-order valence-electron chi connectivity index (χ2n) is 8.74. The Labute approximate surface area is 214 Å². The van der Waals surface area contributed by atoms with E-state index >= 15 is 0 Å². The molecule has 0 radical (unpaired) electrons. The lowest BCUT2D eigenvalue weighted by molar-refractivity contribution is -0.127. The van der Waals surface area contributed by atoms with Crippen molar-refractivity contribution < 1.29 is 18.4 Å². The van der Waals surface area contributed by atoms with Gasteiger partial charge in [0.1, 0.15) is 5.75 Å². The molecule has 8 nitrogen and oxygen atoms in total. The molecule has 0 spiro atoms. The molecule has 9 heteroatoms. The highest BCUT2D eigenvalue weighted by molar-refractivity contribution is 5.91. The zero-order chi connectivity index (χ0) is 25.6. The van der Waals surface area contributed by atoms with Crippen LogP contribution in [0.3, 0.4) is 0 Å². The number of aromatic nitrogens is 3. The molecule has 0 atom stereocenters. The van der Waals surface area contributed by atoms with Gasteiger partial charge in [0.25, 0.3) is 0 Å². The van der Waals surface area contributed by atoms with Crippen LogP contribution >= 0.6 is 0 Å². The number of nitrogens with zero attached hydrogens (tertiary/aromatic N) is 5. The lowest BCUT2D eigenvalue weighted by atomic mass is 10.1. The zero-order valence-electron chi connectivity index (χ0n) is 20.4. The molecule has 0 N–H and O–H groups in total. The fourth-order valence-corrected chi connectivity index (χ4v) is 4.08. The number of rotatable bonds is 7. The number of piperazine rings is 1. The highest BCUT2D eigenvalue weighted by atomic mass is 19.1. The Morgan fingerprint density at radius 1 is 1.11 bits per heavy atom. The van der Waals surface area contributed by atoms with Gasteiger partial charge in [-0.1, -0.05) is 35.5 Å². The largest absolute Gasteiger partial charge is 0.453 e. The van der Waals surface area contributed by atoms with Crippen LogP contribution in [0.4, 0.5) is 4.39 Å². The van der Waals surface area contributed by atoms with Gasteiger partial charge in [0.2, 0.25) is 17.6 Å². The summed E-state index contributed by atoms with van der Waals surface area (Å²) in [7, 11) is 0. The van der Waals surface area contributed by atoms with E-state index in [2.05, 4.69) is 20.0 Å². The molecule has 3 heterocycles. The number of aryl methyl sites for hydroxylation is 1. The third-order valence-corrected chi connectivity index (χ3v) is 6.13. The number of hydrogen-bond acceptors (Lipinski definition) is 7. The maximum atomic E-state index is 14.5. The molecule has 1 saturated heterocycles. The van der Waals surface area contributed by atoms with E-state index in [1.54, 1.807) is 35.4 Å². The zero-order valence-corrected chi connectivity index (χ0v) is 20.4. The quantitative estimate of drug-likeness (QED) is 0.340. The lowest BCUT2D eigenvalue weighted by Crippen LogP contribution is -2.47. The third kappa shape index (κ3) is 6.07. The summed E-state index contributed by atoms with van der Waals surface area (Å²) < 4.78 is 25.4. The van der Waals surface area contributed by atoms with Crippen LogP contribution in [0.15, 0.2) is 77.6 Å². The first-order valence-corrected chi connectivity index (χ1v) is 12.0. The van der Waals surface area contributed by atoms with Crippen molar-refractivity contribution in [1.82, 2.24) is 24.9 Å². The molecule has 1 aliphatic heterocycles. The Morgan fingerprint density at radius 2 is 1.95 bits per heavy atom. The van der Waals surface area contributed by atoms with Gasteiger partial charge in [-0.05, 0) is 48.4 Å². The molecule has 0 bridgehead atoms. The van der Waals surface area contributed by atoms with Crippen molar-refractivity contribution in [3.63, 3.8) is 0 Å². The van der Waals surface area contributed by atoms with Crippen LogP contribution < -0.4 is 4.74 Å². The van der Waals surface area contributed by atoms with Gasteiger partial charge in [0.05, 0.1) is 12.7 Å². The summed E-state index contributed by atoms with van der Waals surface area (Å²) in [5.41, 5.74) is 2.62. The molecule has 0 unspecified atom stereocenters. The number of amides is 1. The summed E-state index contributed by atoms with van der Waals surface area (Å²) >= 11 is 0. The van der Waals surface area contributed by atoms with E-state index < -0.39 is 5.82 Å².